The second-order valence-corrected chi connectivity index (χ2v) is 5.63. The second-order valence-electron chi connectivity index (χ2n) is 3.85. The molecule has 0 spiro atoms. The molecule has 0 aliphatic carbocycles. The third-order valence-electron chi connectivity index (χ3n) is 2.23. The van der Waals surface area contributed by atoms with E-state index in [4.69, 9.17) is 27.9 Å². The van der Waals surface area contributed by atoms with E-state index in [2.05, 4.69) is 15.3 Å². The van der Waals surface area contributed by atoms with Gasteiger partial charge in [-0.1, -0.05) is 23.2 Å². The van der Waals surface area contributed by atoms with E-state index in [1.807, 2.05) is 12.3 Å². The first-order valence-electron chi connectivity index (χ1n) is 5.70. The summed E-state index contributed by atoms with van der Waals surface area (Å²) in [7, 11) is 0. The van der Waals surface area contributed by atoms with Gasteiger partial charge in [0.15, 0.2) is 0 Å². The van der Waals surface area contributed by atoms with Crippen molar-refractivity contribution in [2.75, 3.05) is 13.2 Å². The fourth-order valence-corrected chi connectivity index (χ4v) is 2.58. The Balaban J connectivity index is 1.69. The zero-order chi connectivity index (χ0) is 13.7. The number of ether oxygens (including phenoxy) is 1. The zero-order valence-electron chi connectivity index (χ0n) is 10.3. The summed E-state index contributed by atoms with van der Waals surface area (Å²) < 4.78 is 5.45. The first kappa shape index (κ1) is 14.5. The SMILES string of the molecule is Cc1csc(CNCCOc2ncc(Cl)cc2Cl)n1. The van der Waals surface area contributed by atoms with Crippen LogP contribution in [0.2, 0.25) is 10.0 Å². The lowest BCUT2D eigenvalue weighted by atomic mass is 10.5. The summed E-state index contributed by atoms with van der Waals surface area (Å²) in [6.45, 7) is 3.90. The van der Waals surface area contributed by atoms with Crippen LogP contribution < -0.4 is 10.1 Å². The minimum Gasteiger partial charge on any atom is -0.475 e. The standard InChI is InChI=1S/C12H13Cl2N3OS/c1-8-7-19-11(17-8)6-15-2-3-18-12-10(14)4-9(13)5-16-12/h4-5,7,15H,2-3,6H2,1H3. The number of pyridine rings is 1. The number of halogens is 2. The van der Waals surface area contributed by atoms with Crippen LogP contribution in [0.1, 0.15) is 10.7 Å². The van der Waals surface area contributed by atoms with E-state index in [1.54, 1.807) is 17.4 Å². The first-order valence-corrected chi connectivity index (χ1v) is 7.34. The van der Waals surface area contributed by atoms with Gasteiger partial charge in [0.25, 0.3) is 0 Å². The number of hydrogen-bond donors (Lipinski definition) is 1. The molecule has 0 saturated carbocycles. The molecule has 0 amide bonds. The van der Waals surface area contributed by atoms with Crippen molar-refractivity contribution in [1.82, 2.24) is 15.3 Å². The molecule has 0 aromatic carbocycles. The van der Waals surface area contributed by atoms with Crippen LogP contribution in [0.3, 0.4) is 0 Å². The summed E-state index contributed by atoms with van der Waals surface area (Å²) in [4.78, 5) is 8.37. The van der Waals surface area contributed by atoms with Crippen molar-refractivity contribution in [3.05, 3.63) is 38.4 Å². The Labute approximate surface area is 125 Å². The first-order chi connectivity index (χ1) is 9.15. The average Bonchev–Trinajstić information content (AvgIpc) is 2.77. The Morgan fingerprint density at radius 1 is 1.42 bits per heavy atom. The van der Waals surface area contributed by atoms with Crippen LogP contribution >= 0.6 is 34.5 Å². The smallest absolute Gasteiger partial charge is 0.232 e. The molecule has 0 unspecified atom stereocenters. The predicted molar refractivity (Wildman–Crippen MR) is 78.3 cm³/mol. The van der Waals surface area contributed by atoms with Gasteiger partial charge in [0.05, 0.1) is 5.02 Å². The highest BCUT2D eigenvalue weighted by atomic mass is 35.5. The molecular weight excluding hydrogens is 305 g/mol. The molecule has 4 nitrogen and oxygen atoms in total. The van der Waals surface area contributed by atoms with Crippen LogP contribution in [-0.2, 0) is 6.54 Å². The van der Waals surface area contributed by atoms with Crippen molar-refractivity contribution < 1.29 is 4.74 Å². The van der Waals surface area contributed by atoms with Crippen LogP contribution in [0.25, 0.3) is 0 Å². The lowest BCUT2D eigenvalue weighted by molar-refractivity contribution is 0.302. The number of nitrogens with one attached hydrogen (secondary N) is 1. The van der Waals surface area contributed by atoms with Gasteiger partial charge in [-0.2, -0.15) is 0 Å². The Kier molecular flexibility index (Phi) is 5.39. The van der Waals surface area contributed by atoms with Gasteiger partial charge in [0, 0.05) is 30.4 Å². The zero-order valence-corrected chi connectivity index (χ0v) is 12.6. The predicted octanol–water partition coefficient (Wildman–Crippen LogP) is 3.32. The lowest BCUT2D eigenvalue weighted by Crippen LogP contribution is -2.20. The second kappa shape index (κ2) is 7.05. The lowest BCUT2D eigenvalue weighted by Gasteiger charge is -2.07. The molecule has 2 aromatic rings. The van der Waals surface area contributed by atoms with Crippen LogP contribution in [-0.4, -0.2) is 23.1 Å². The van der Waals surface area contributed by atoms with Crippen LogP contribution in [0.15, 0.2) is 17.6 Å². The number of aromatic nitrogens is 2. The Bertz CT molecular complexity index is 548. The topological polar surface area (TPSA) is 47.0 Å². The molecule has 1 N–H and O–H groups in total. The third kappa shape index (κ3) is 4.62. The Morgan fingerprint density at radius 2 is 2.26 bits per heavy atom. The fraction of sp³-hybridized carbons (Fsp3) is 0.333. The van der Waals surface area contributed by atoms with E-state index in [9.17, 15) is 0 Å². The highest BCUT2D eigenvalue weighted by molar-refractivity contribution is 7.09. The largest absolute Gasteiger partial charge is 0.475 e. The molecule has 0 saturated heterocycles. The summed E-state index contributed by atoms with van der Waals surface area (Å²) in [5.74, 6) is 0.401. The van der Waals surface area contributed by atoms with E-state index in [0.717, 1.165) is 17.2 Å². The van der Waals surface area contributed by atoms with Crippen molar-refractivity contribution in [3.8, 4) is 5.88 Å². The van der Waals surface area contributed by atoms with Gasteiger partial charge >= 0.3 is 0 Å². The third-order valence-corrected chi connectivity index (χ3v) is 3.68. The number of aryl methyl sites for hydroxylation is 1. The molecule has 19 heavy (non-hydrogen) atoms. The minimum atomic E-state index is 0.401. The van der Waals surface area contributed by atoms with Crippen molar-refractivity contribution in [2.24, 2.45) is 0 Å². The number of rotatable bonds is 6. The monoisotopic (exact) mass is 317 g/mol. The average molecular weight is 318 g/mol. The van der Waals surface area contributed by atoms with Crippen molar-refractivity contribution in [3.63, 3.8) is 0 Å². The molecule has 102 valence electrons. The molecule has 0 bridgehead atoms. The van der Waals surface area contributed by atoms with E-state index in [1.165, 1.54) is 6.20 Å². The quantitative estimate of drug-likeness (QED) is 0.830. The van der Waals surface area contributed by atoms with Gasteiger partial charge in [-0.25, -0.2) is 9.97 Å². The number of hydrogen-bond acceptors (Lipinski definition) is 5. The van der Waals surface area contributed by atoms with Gasteiger partial charge in [0.2, 0.25) is 5.88 Å². The molecule has 0 atom stereocenters. The molecule has 7 heteroatoms. The van der Waals surface area contributed by atoms with Gasteiger partial charge in [-0.15, -0.1) is 11.3 Å². The van der Waals surface area contributed by atoms with Gasteiger partial charge in [0.1, 0.15) is 16.6 Å². The molecule has 2 aromatic heterocycles. The molecule has 0 aliphatic heterocycles. The van der Waals surface area contributed by atoms with Gasteiger partial charge < -0.3 is 10.1 Å². The van der Waals surface area contributed by atoms with Crippen LogP contribution in [0, 0.1) is 6.92 Å². The maximum absolute atomic E-state index is 5.94. The van der Waals surface area contributed by atoms with E-state index in [-0.39, 0.29) is 0 Å². The fourth-order valence-electron chi connectivity index (χ4n) is 1.41. The van der Waals surface area contributed by atoms with Crippen molar-refractivity contribution >= 4 is 34.5 Å². The summed E-state index contributed by atoms with van der Waals surface area (Å²) in [5.41, 5.74) is 1.05. The Morgan fingerprint density at radius 3 is 2.95 bits per heavy atom. The number of nitrogens with zero attached hydrogens (tertiary/aromatic N) is 2. The number of thiazole rings is 1. The van der Waals surface area contributed by atoms with Gasteiger partial charge in [-0.3, -0.25) is 0 Å². The normalized spacial score (nSPS) is 10.7. The summed E-state index contributed by atoms with van der Waals surface area (Å²) >= 11 is 13.3. The van der Waals surface area contributed by atoms with Crippen LogP contribution in [0.4, 0.5) is 0 Å². The summed E-state index contributed by atoms with van der Waals surface area (Å²) in [6, 6.07) is 1.61. The summed E-state index contributed by atoms with van der Waals surface area (Å²) in [6.07, 6.45) is 1.51. The van der Waals surface area contributed by atoms with E-state index in [0.29, 0.717) is 29.1 Å². The molecule has 2 heterocycles. The van der Waals surface area contributed by atoms with Crippen molar-refractivity contribution in [2.45, 2.75) is 13.5 Å². The molecule has 0 aliphatic rings. The molecule has 0 fully saturated rings. The molecular formula is C12H13Cl2N3OS. The highest BCUT2D eigenvalue weighted by Gasteiger charge is 2.04. The summed E-state index contributed by atoms with van der Waals surface area (Å²) in [5, 5.41) is 7.26. The maximum atomic E-state index is 5.94. The van der Waals surface area contributed by atoms with E-state index < -0.39 is 0 Å². The highest BCUT2D eigenvalue weighted by Crippen LogP contribution is 2.24. The maximum Gasteiger partial charge on any atom is 0.232 e. The Hall–Kier alpha value is -0.880. The van der Waals surface area contributed by atoms with Gasteiger partial charge in [-0.05, 0) is 13.0 Å². The minimum absolute atomic E-state index is 0.401. The molecule has 0 radical (unpaired) electrons. The molecule has 2 rings (SSSR count). The van der Waals surface area contributed by atoms with Crippen molar-refractivity contribution in [1.29, 1.82) is 0 Å². The van der Waals surface area contributed by atoms with E-state index >= 15 is 0 Å². The van der Waals surface area contributed by atoms with Crippen LogP contribution in [0.5, 0.6) is 5.88 Å².